The third-order valence-corrected chi connectivity index (χ3v) is 4.15. The number of nitrogens with one attached hydrogen (secondary N) is 1. The van der Waals surface area contributed by atoms with Crippen molar-refractivity contribution in [3.63, 3.8) is 0 Å². The van der Waals surface area contributed by atoms with Crippen LogP contribution >= 0.6 is 15.9 Å². The maximum absolute atomic E-state index is 12.5. The van der Waals surface area contributed by atoms with E-state index in [1.54, 1.807) is 13.0 Å². The Hall–Kier alpha value is -2.88. The minimum atomic E-state index is -2.99. The Labute approximate surface area is 161 Å². The smallest absolute Gasteiger partial charge is 0.387 e. The van der Waals surface area contributed by atoms with Crippen LogP contribution in [0.2, 0.25) is 0 Å². The van der Waals surface area contributed by atoms with Crippen LogP contribution in [0.15, 0.2) is 53.0 Å². The third-order valence-electron chi connectivity index (χ3n) is 3.62. The summed E-state index contributed by atoms with van der Waals surface area (Å²) in [5.41, 5.74) is 0.871. The average molecular weight is 438 g/mol. The lowest BCUT2D eigenvalue weighted by Crippen LogP contribution is -2.25. The summed E-state index contributed by atoms with van der Waals surface area (Å²) < 4.78 is 30.3. The SMILES string of the molecule is CC(C(=O)Nc1ccccc1OC(F)F)n1nnc(-c2ccc(Br)cc2)n1. The first-order valence-electron chi connectivity index (χ1n) is 7.84. The highest BCUT2D eigenvalue weighted by Gasteiger charge is 2.20. The number of rotatable bonds is 6. The molecule has 140 valence electrons. The van der Waals surface area contributed by atoms with Crippen LogP contribution in [0, 0.1) is 0 Å². The molecule has 3 aromatic rings. The lowest BCUT2D eigenvalue weighted by atomic mass is 10.2. The Bertz CT molecular complexity index is 933. The molecular formula is C17H14BrF2N5O2. The Morgan fingerprint density at radius 1 is 1.19 bits per heavy atom. The van der Waals surface area contributed by atoms with Gasteiger partial charge in [0.15, 0.2) is 0 Å². The van der Waals surface area contributed by atoms with E-state index in [0.29, 0.717) is 5.82 Å². The molecule has 0 aliphatic carbocycles. The predicted octanol–water partition coefficient (Wildman–Crippen LogP) is 3.90. The zero-order valence-electron chi connectivity index (χ0n) is 14.0. The molecule has 10 heteroatoms. The van der Waals surface area contributed by atoms with Crippen LogP contribution in [0.5, 0.6) is 5.75 Å². The second-order valence-electron chi connectivity index (χ2n) is 5.48. The van der Waals surface area contributed by atoms with Gasteiger partial charge in [0.25, 0.3) is 5.91 Å². The highest BCUT2D eigenvalue weighted by molar-refractivity contribution is 9.10. The Balaban J connectivity index is 1.74. The fourth-order valence-electron chi connectivity index (χ4n) is 2.21. The molecule has 7 nitrogen and oxygen atoms in total. The van der Waals surface area contributed by atoms with E-state index in [1.807, 2.05) is 24.3 Å². The molecular weight excluding hydrogens is 424 g/mol. The highest BCUT2D eigenvalue weighted by Crippen LogP contribution is 2.26. The zero-order chi connectivity index (χ0) is 19.4. The summed E-state index contributed by atoms with van der Waals surface area (Å²) in [6.07, 6.45) is 0. The van der Waals surface area contributed by atoms with Gasteiger partial charge in [-0.2, -0.15) is 13.6 Å². The topological polar surface area (TPSA) is 81.9 Å². The van der Waals surface area contributed by atoms with Crippen LogP contribution in [-0.2, 0) is 4.79 Å². The van der Waals surface area contributed by atoms with Gasteiger partial charge in [-0.1, -0.05) is 28.1 Å². The summed E-state index contributed by atoms with van der Waals surface area (Å²) in [6, 6.07) is 12.4. The fourth-order valence-corrected chi connectivity index (χ4v) is 2.48. The normalized spacial score (nSPS) is 12.0. The van der Waals surface area contributed by atoms with Gasteiger partial charge >= 0.3 is 6.61 Å². The van der Waals surface area contributed by atoms with Gasteiger partial charge in [0.1, 0.15) is 11.8 Å². The van der Waals surface area contributed by atoms with Gasteiger partial charge in [0.05, 0.1) is 5.69 Å². The number of anilines is 1. The summed E-state index contributed by atoms with van der Waals surface area (Å²) in [6.45, 7) is -1.43. The molecule has 27 heavy (non-hydrogen) atoms. The predicted molar refractivity (Wildman–Crippen MR) is 97.4 cm³/mol. The standard InChI is InChI=1S/C17H14BrF2N5O2/c1-10(16(26)21-13-4-2-3-5-14(13)27-17(19)20)25-23-15(22-24-25)11-6-8-12(18)9-7-11/h2-10,17H,1H3,(H,21,26). The lowest BCUT2D eigenvalue weighted by molar-refractivity contribution is -0.119. The Morgan fingerprint density at radius 2 is 1.89 bits per heavy atom. The van der Waals surface area contributed by atoms with E-state index in [1.165, 1.54) is 18.2 Å². The summed E-state index contributed by atoms with van der Waals surface area (Å²) in [4.78, 5) is 13.6. The number of halogens is 3. The molecule has 0 aliphatic rings. The average Bonchev–Trinajstić information content (AvgIpc) is 3.13. The van der Waals surface area contributed by atoms with E-state index in [-0.39, 0.29) is 11.4 Å². The summed E-state index contributed by atoms with van der Waals surface area (Å²) >= 11 is 3.35. The molecule has 1 atom stereocenters. The minimum absolute atomic E-state index is 0.128. The Morgan fingerprint density at radius 3 is 2.59 bits per heavy atom. The molecule has 0 radical (unpaired) electrons. The van der Waals surface area contributed by atoms with Gasteiger partial charge in [-0.15, -0.1) is 10.2 Å². The molecule has 0 spiro atoms. The van der Waals surface area contributed by atoms with Crippen LogP contribution in [0.3, 0.4) is 0 Å². The largest absolute Gasteiger partial charge is 0.433 e. The Kier molecular flexibility index (Phi) is 5.75. The van der Waals surface area contributed by atoms with Crippen LogP contribution < -0.4 is 10.1 Å². The second-order valence-corrected chi connectivity index (χ2v) is 6.40. The first kappa shape index (κ1) is 18.9. The molecule has 2 aromatic carbocycles. The van der Waals surface area contributed by atoms with E-state index in [4.69, 9.17) is 0 Å². The van der Waals surface area contributed by atoms with Gasteiger partial charge in [0, 0.05) is 10.0 Å². The van der Waals surface area contributed by atoms with Crippen LogP contribution in [-0.4, -0.2) is 32.7 Å². The molecule has 0 aliphatic heterocycles. The maximum Gasteiger partial charge on any atom is 0.387 e. The van der Waals surface area contributed by atoms with Gasteiger partial charge in [-0.05, 0) is 48.5 Å². The summed E-state index contributed by atoms with van der Waals surface area (Å²) in [7, 11) is 0. The number of tetrazole rings is 1. The van der Waals surface area contributed by atoms with Crippen molar-refractivity contribution >= 4 is 27.5 Å². The van der Waals surface area contributed by atoms with Crippen molar-refractivity contribution < 1.29 is 18.3 Å². The van der Waals surface area contributed by atoms with E-state index in [9.17, 15) is 13.6 Å². The molecule has 0 bridgehead atoms. The molecule has 1 heterocycles. The zero-order valence-corrected chi connectivity index (χ0v) is 15.6. The van der Waals surface area contributed by atoms with Crippen LogP contribution in [0.25, 0.3) is 11.4 Å². The van der Waals surface area contributed by atoms with Crippen molar-refractivity contribution in [1.82, 2.24) is 20.2 Å². The van der Waals surface area contributed by atoms with Crippen LogP contribution in [0.1, 0.15) is 13.0 Å². The van der Waals surface area contributed by atoms with Crippen molar-refractivity contribution in [2.45, 2.75) is 19.6 Å². The number of alkyl halides is 2. The van der Waals surface area contributed by atoms with Gasteiger partial charge in [0.2, 0.25) is 5.82 Å². The van der Waals surface area contributed by atoms with Crippen molar-refractivity contribution in [3.05, 3.63) is 53.0 Å². The fraction of sp³-hybridized carbons (Fsp3) is 0.176. The number of para-hydroxylation sites is 2. The number of carbonyl (C=O) groups is 1. The first-order valence-corrected chi connectivity index (χ1v) is 8.63. The quantitative estimate of drug-likeness (QED) is 0.632. The van der Waals surface area contributed by atoms with Crippen molar-refractivity contribution in [2.24, 2.45) is 0 Å². The number of hydrogen-bond donors (Lipinski definition) is 1. The highest BCUT2D eigenvalue weighted by atomic mass is 79.9. The number of benzene rings is 2. The lowest BCUT2D eigenvalue weighted by Gasteiger charge is -2.14. The molecule has 3 rings (SSSR count). The van der Waals surface area contributed by atoms with Gasteiger partial charge < -0.3 is 10.1 Å². The number of hydrogen-bond acceptors (Lipinski definition) is 5. The van der Waals surface area contributed by atoms with Crippen LogP contribution in [0.4, 0.5) is 14.5 Å². The van der Waals surface area contributed by atoms with E-state index in [2.05, 4.69) is 41.4 Å². The second kappa shape index (κ2) is 8.21. The number of carbonyl (C=O) groups excluding carboxylic acids is 1. The molecule has 0 saturated carbocycles. The number of nitrogens with zero attached hydrogens (tertiary/aromatic N) is 4. The molecule has 1 amide bonds. The monoisotopic (exact) mass is 437 g/mol. The van der Waals surface area contributed by atoms with E-state index >= 15 is 0 Å². The number of amides is 1. The third kappa shape index (κ3) is 4.64. The molecule has 0 fully saturated rings. The maximum atomic E-state index is 12.5. The molecule has 1 aromatic heterocycles. The van der Waals surface area contributed by atoms with Crippen molar-refractivity contribution in [1.29, 1.82) is 0 Å². The van der Waals surface area contributed by atoms with Gasteiger partial charge in [-0.25, -0.2) is 0 Å². The first-order chi connectivity index (χ1) is 12.9. The van der Waals surface area contributed by atoms with E-state index < -0.39 is 18.6 Å². The number of ether oxygens (including phenoxy) is 1. The van der Waals surface area contributed by atoms with E-state index in [0.717, 1.165) is 14.8 Å². The molecule has 1 unspecified atom stereocenters. The summed E-state index contributed by atoms with van der Waals surface area (Å²) in [5.74, 6) is -0.265. The van der Waals surface area contributed by atoms with Gasteiger partial charge in [-0.3, -0.25) is 4.79 Å². The summed E-state index contributed by atoms with van der Waals surface area (Å²) in [5, 5.41) is 14.6. The molecule has 0 saturated heterocycles. The van der Waals surface area contributed by atoms with Crippen molar-refractivity contribution in [3.8, 4) is 17.1 Å². The molecule has 1 N–H and O–H groups in total. The van der Waals surface area contributed by atoms with Crippen molar-refractivity contribution in [2.75, 3.05) is 5.32 Å². The minimum Gasteiger partial charge on any atom is -0.433 e. The number of aromatic nitrogens is 4.